The topological polar surface area (TPSA) is 73.3 Å². The number of nitrogens with two attached hydrogens (primary N) is 1. The van der Waals surface area contributed by atoms with Crippen molar-refractivity contribution < 1.29 is 4.21 Å². The molecule has 2 aromatic heterocycles. The maximum absolute atomic E-state index is 11.0. The van der Waals surface area contributed by atoms with Gasteiger partial charge < -0.3 is 5.73 Å². The van der Waals surface area contributed by atoms with E-state index in [0.29, 0.717) is 17.1 Å². The zero-order valence-corrected chi connectivity index (χ0v) is 13.2. The molecule has 0 aliphatic carbocycles. The molecule has 5 nitrogen and oxygen atoms in total. The van der Waals surface area contributed by atoms with Gasteiger partial charge in [-0.1, -0.05) is 12.2 Å². The first kappa shape index (κ1) is 14.2. The lowest BCUT2D eigenvalue weighted by atomic mass is 10.2. The summed E-state index contributed by atoms with van der Waals surface area (Å²) in [6.45, 7) is 1.87. The van der Waals surface area contributed by atoms with Crippen LogP contribution in [0, 0.1) is 6.92 Å². The Hall–Kier alpha value is -1.21. The fraction of sp³-hybridized carbons (Fsp3) is 0.333. The van der Waals surface area contributed by atoms with Gasteiger partial charge in [-0.2, -0.15) is 0 Å². The Morgan fingerprint density at radius 3 is 2.95 bits per heavy atom. The molecule has 1 atom stereocenters. The van der Waals surface area contributed by atoms with Gasteiger partial charge in [0.2, 0.25) is 0 Å². The highest BCUT2D eigenvalue weighted by Crippen LogP contribution is 2.27. The SMILES string of the molecule is Cc1nnc2c(N)c(/C=C/CCS(C)=O)c(Br)cn12. The highest BCUT2D eigenvalue weighted by Gasteiger charge is 2.11. The summed E-state index contributed by atoms with van der Waals surface area (Å²) in [6, 6.07) is 0. The Morgan fingerprint density at radius 2 is 2.26 bits per heavy atom. The zero-order chi connectivity index (χ0) is 14.0. The average Bonchev–Trinajstić information content (AvgIpc) is 2.70. The van der Waals surface area contributed by atoms with Crippen molar-refractivity contribution in [2.24, 2.45) is 0 Å². The van der Waals surface area contributed by atoms with Crippen molar-refractivity contribution in [3.8, 4) is 0 Å². The van der Waals surface area contributed by atoms with Crippen LogP contribution in [-0.4, -0.2) is 30.8 Å². The van der Waals surface area contributed by atoms with E-state index in [1.165, 1.54) is 0 Å². The van der Waals surface area contributed by atoms with Gasteiger partial charge in [-0.05, 0) is 29.3 Å². The number of hydrogen-bond donors (Lipinski definition) is 1. The molecule has 1 unspecified atom stereocenters. The second kappa shape index (κ2) is 5.83. The monoisotopic (exact) mass is 342 g/mol. The van der Waals surface area contributed by atoms with E-state index in [2.05, 4.69) is 26.1 Å². The van der Waals surface area contributed by atoms with Gasteiger partial charge in [-0.3, -0.25) is 8.61 Å². The molecule has 0 saturated carbocycles. The maximum atomic E-state index is 11.0. The molecule has 0 saturated heterocycles. The van der Waals surface area contributed by atoms with Gasteiger partial charge in [-0.15, -0.1) is 10.2 Å². The molecule has 0 aromatic carbocycles. The quantitative estimate of drug-likeness (QED) is 0.923. The predicted octanol–water partition coefficient (Wildman–Crippen LogP) is 2.16. The van der Waals surface area contributed by atoms with Crippen LogP contribution >= 0.6 is 15.9 Å². The van der Waals surface area contributed by atoms with Gasteiger partial charge in [0.25, 0.3) is 0 Å². The molecule has 2 heterocycles. The van der Waals surface area contributed by atoms with E-state index < -0.39 is 10.8 Å². The number of allylic oxidation sites excluding steroid dienone is 1. The lowest BCUT2D eigenvalue weighted by Gasteiger charge is -2.06. The van der Waals surface area contributed by atoms with Crippen LogP contribution < -0.4 is 5.73 Å². The molecule has 7 heteroatoms. The van der Waals surface area contributed by atoms with Gasteiger partial charge in [0.1, 0.15) is 5.82 Å². The van der Waals surface area contributed by atoms with Gasteiger partial charge in [0.15, 0.2) is 5.65 Å². The maximum Gasteiger partial charge on any atom is 0.184 e. The van der Waals surface area contributed by atoms with Crippen LogP contribution in [0.3, 0.4) is 0 Å². The fourth-order valence-electron chi connectivity index (χ4n) is 1.74. The van der Waals surface area contributed by atoms with E-state index in [0.717, 1.165) is 22.3 Å². The van der Waals surface area contributed by atoms with Crippen molar-refractivity contribution in [3.05, 3.63) is 28.1 Å². The minimum absolute atomic E-state index is 0.587. The first-order valence-electron chi connectivity index (χ1n) is 5.76. The number of rotatable bonds is 4. The number of nitrogen functional groups attached to an aromatic ring is 1. The van der Waals surface area contributed by atoms with Crippen molar-refractivity contribution in [2.75, 3.05) is 17.7 Å². The predicted molar refractivity (Wildman–Crippen MR) is 82.4 cm³/mol. The average molecular weight is 343 g/mol. The van der Waals surface area contributed by atoms with Gasteiger partial charge in [0, 0.05) is 39.0 Å². The highest BCUT2D eigenvalue weighted by atomic mass is 79.9. The molecule has 2 N–H and O–H groups in total. The van der Waals surface area contributed by atoms with Crippen molar-refractivity contribution >= 4 is 44.1 Å². The van der Waals surface area contributed by atoms with E-state index in [-0.39, 0.29) is 0 Å². The largest absolute Gasteiger partial charge is 0.395 e. The smallest absolute Gasteiger partial charge is 0.184 e. The minimum atomic E-state index is -0.774. The van der Waals surface area contributed by atoms with Gasteiger partial charge in [-0.25, -0.2) is 0 Å². The van der Waals surface area contributed by atoms with Crippen molar-refractivity contribution in [1.82, 2.24) is 14.6 Å². The van der Waals surface area contributed by atoms with E-state index >= 15 is 0 Å². The summed E-state index contributed by atoms with van der Waals surface area (Å²) in [5.74, 6) is 1.44. The van der Waals surface area contributed by atoms with Crippen LogP contribution in [0.15, 0.2) is 16.7 Å². The Bertz CT molecular complexity index is 665. The molecule has 0 amide bonds. The molecule has 0 aliphatic rings. The second-order valence-electron chi connectivity index (χ2n) is 4.21. The molecular formula is C12H15BrN4OS. The molecule has 102 valence electrons. The lowest BCUT2D eigenvalue weighted by molar-refractivity contribution is 0.686. The van der Waals surface area contributed by atoms with Crippen LogP contribution in [0.2, 0.25) is 0 Å². The number of hydrogen-bond acceptors (Lipinski definition) is 4. The summed E-state index contributed by atoms with van der Waals surface area (Å²) in [7, 11) is -0.774. The fourth-order valence-corrected chi connectivity index (χ4v) is 2.76. The molecule has 19 heavy (non-hydrogen) atoms. The number of nitrogens with zero attached hydrogens (tertiary/aromatic N) is 3. The molecule has 0 radical (unpaired) electrons. The summed E-state index contributed by atoms with van der Waals surface area (Å²) >= 11 is 3.50. The minimum Gasteiger partial charge on any atom is -0.395 e. The third-order valence-corrected chi connectivity index (χ3v) is 4.20. The Labute approximate surface area is 122 Å². The standard InChI is InChI=1S/C12H15BrN4OS/c1-8-15-16-12-11(14)9(10(13)7-17(8)12)5-3-4-6-19(2)18/h3,5,7H,4,6,14H2,1-2H3/b5-3+. The summed E-state index contributed by atoms with van der Waals surface area (Å²) in [4.78, 5) is 0. The van der Waals surface area contributed by atoms with E-state index in [1.807, 2.05) is 29.7 Å². The Balaban J connectivity index is 2.35. The van der Waals surface area contributed by atoms with Crippen LogP contribution in [0.4, 0.5) is 5.69 Å². The Morgan fingerprint density at radius 1 is 1.53 bits per heavy atom. The molecule has 2 rings (SSSR count). The third-order valence-electron chi connectivity index (χ3n) is 2.75. The first-order valence-corrected chi connectivity index (χ1v) is 8.28. The van der Waals surface area contributed by atoms with Crippen molar-refractivity contribution in [1.29, 1.82) is 0 Å². The molecule has 0 spiro atoms. The third kappa shape index (κ3) is 3.03. The molecule has 0 bridgehead atoms. The summed E-state index contributed by atoms with van der Waals surface area (Å²) in [5.41, 5.74) is 8.23. The number of aryl methyl sites for hydroxylation is 1. The number of anilines is 1. The highest BCUT2D eigenvalue weighted by molar-refractivity contribution is 9.10. The van der Waals surface area contributed by atoms with E-state index in [1.54, 1.807) is 6.26 Å². The summed E-state index contributed by atoms with van der Waals surface area (Å²) in [5, 5.41) is 8.07. The summed E-state index contributed by atoms with van der Waals surface area (Å²) in [6.07, 6.45) is 8.25. The van der Waals surface area contributed by atoms with Gasteiger partial charge in [0.05, 0.1) is 5.69 Å². The van der Waals surface area contributed by atoms with Crippen LogP contribution in [0.5, 0.6) is 0 Å². The molecule has 0 fully saturated rings. The van der Waals surface area contributed by atoms with Crippen LogP contribution in [0.1, 0.15) is 17.8 Å². The number of fused-ring (bicyclic) bond motifs is 1. The van der Waals surface area contributed by atoms with Crippen LogP contribution in [0.25, 0.3) is 11.7 Å². The number of halogens is 1. The normalized spacial score (nSPS) is 13.4. The number of aromatic nitrogens is 3. The first-order chi connectivity index (χ1) is 9.00. The van der Waals surface area contributed by atoms with Crippen molar-refractivity contribution in [2.45, 2.75) is 13.3 Å². The van der Waals surface area contributed by atoms with Crippen molar-refractivity contribution in [3.63, 3.8) is 0 Å². The molecule has 2 aromatic rings. The zero-order valence-electron chi connectivity index (χ0n) is 10.8. The Kier molecular flexibility index (Phi) is 4.36. The summed E-state index contributed by atoms with van der Waals surface area (Å²) < 4.78 is 13.7. The van der Waals surface area contributed by atoms with E-state index in [9.17, 15) is 4.21 Å². The van der Waals surface area contributed by atoms with Gasteiger partial charge >= 0.3 is 0 Å². The lowest BCUT2D eigenvalue weighted by Crippen LogP contribution is -1.98. The number of pyridine rings is 1. The second-order valence-corrected chi connectivity index (χ2v) is 6.62. The molecule has 0 aliphatic heterocycles. The van der Waals surface area contributed by atoms with Crippen LogP contribution in [-0.2, 0) is 10.8 Å². The van der Waals surface area contributed by atoms with E-state index in [4.69, 9.17) is 5.73 Å². The molecular weight excluding hydrogens is 328 g/mol.